The topological polar surface area (TPSA) is 103 Å². The third kappa shape index (κ3) is 5.84. The first-order valence-electron chi connectivity index (χ1n) is 14.1. The lowest BCUT2D eigenvalue weighted by Gasteiger charge is -2.38. The van der Waals surface area contributed by atoms with E-state index in [2.05, 4.69) is 34.0 Å². The molecule has 0 aromatic carbocycles. The summed E-state index contributed by atoms with van der Waals surface area (Å²) in [6, 6.07) is -0.818. The van der Waals surface area contributed by atoms with Gasteiger partial charge in [0, 0.05) is 64.3 Å². The second kappa shape index (κ2) is 13.2. The van der Waals surface area contributed by atoms with E-state index in [-0.39, 0.29) is 29.2 Å². The number of halogens is 1. The molecule has 0 aromatic heterocycles. The minimum absolute atomic E-state index is 0.0831. The number of carbonyl (C=O) groups is 3. The van der Waals surface area contributed by atoms with Crippen LogP contribution in [0.15, 0.2) is 25.3 Å². The van der Waals surface area contributed by atoms with Crippen LogP contribution in [0, 0.1) is 11.8 Å². The highest BCUT2D eigenvalue weighted by Crippen LogP contribution is 2.60. The summed E-state index contributed by atoms with van der Waals surface area (Å²) in [5.41, 5.74) is -1.07. The van der Waals surface area contributed by atoms with Crippen molar-refractivity contribution in [1.82, 2.24) is 19.6 Å². The van der Waals surface area contributed by atoms with Gasteiger partial charge in [-0.1, -0.05) is 28.1 Å². The maximum Gasteiger partial charge on any atom is 0.248 e. The average Bonchev–Trinajstić information content (AvgIpc) is 3.52. The summed E-state index contributed by atoms with van der Waals surface area (Å²) in [5, 5.41) is 9.25. The second-order valence-corrected chi connectivity index (χ2v) is 12.2. The van der Waals surface area contributed by atoms with E-state index in [0.29, 0.717) is 65.2 Å². The fourth-order valence-electron chi connectivity index (χ4n) is 6.75. The molecule has 6 atom stereocenters. The lowest BCUT2D eigenvalue weighted by molar-refractivity contribution is -0.148. The minimum Gasteiger partial charge on any atom is -0.396 e. The summed E-state index contributed by atoms with van der Waals surface area (Å²) < 4.78 is 12.1. The van der Waals surface area contributed by atoms with Gasteiger partial charge in [-0.2, -0.15) is 0 Å². The van der Waals surface area contributed by atoms with E-state index < -0.39 is 29.6 Å². The molecule has 4 heterocycles. The number of likely N-dealkylation sites (tertiary alicyclic amines) is 1. The number of alkyl halides is 1. The molecule has 1 spiro atoms. The predicted octanol–water partition coefficient (Wildman–Crippen LogP) is 0.888. The lowest BCUT2D eigenvalue weighted by atomic mass is 9.70. The molecule has 3 unspecified atom stereocenters. The van der Waals surface area contributed by atoms with Gasteiger partial charge in [-0.25, -0.2) is 0 Å². The molecule has 2 bridgehead atoms. The van der Waals surface area contributed by atoms with Crippen molar-refractivity contribution in [3.63, 3.8) is 0 Å². The van der Waals surface area contributed by atoms with E-state index in [4.69, 9.17) is 9.47 Å². The number of likely N-dealkylation sites (N-methyl/N-ethyl adjacent to an activating group) is 1. The van der Waals surface area contributed by atoms with Crippen molar-refractivity contribution in [1.29, 1.82) is 0 Å². The Balaban J connectivity index is 1.64. The van der Waals surface area contributed by atoms with Crippen LogP contribution in [-0.4, -0.2) is 138 Å². The van der Waals surface area contributed by atoms with Gasteiger partial charge in [0.2, 0.25) is 17.7 Å². The standard InChI is InChI=1S/C28H43BrN4O6/c1-4-9-30(3)25(35)21-22-26(36)33(11-7-6-8-16-34)24(28(22)19-20(29)23(21)39-28)27(37)32(10-5-2)13-12-31-14-17-38-18-15-31/h4-5,20-24,34H,1-2,6-19H2,3H3/t20?,21-,22-,23-,24?,28?/m0/s1. The molecule has 4 aliphatic rings. The molecule has 39 heavy (non-hydrogen) atoms. The van der Waals surface area contributed by atoms with Gasteiger partial charge in [0.25, 0.3) is 0 Å². The van der Waals surface area contributed by atoms with Crippen molar-refractivity contribution < 1.29 is 29.0 Å². The molecule has 4 rings (SSSR count). The van der Waals surface area contributed by atoms with Gasteiger partial charge in [0.1, 0.15) is 11.6 Å². The van der Waals surface area contributed by atoms with E-state index in [1.54, 1.807) is 33.9 Å². The molecule has 4 aliphatic heterocycles. The molecule has 0 saturated carbocycles. The fraction of sp³-hybridized carbons (Fsp3) is 0.750. The summed E-state index contributed by atoms with van der Waals surface area (Å²) in [6.07, 6.45) is 5.40. The van der Waals surface area contributed by atoms with Gasteiger partial charge in [0.15, 0.2) is 0 Å². The molecule has 10 nitrogen and oxygen atoms in total. The monoisotopic (exact) mass is 610 g/mol. The zero-order valence-corrected chi connectivity index (χ0v) is 24.6. The van der Waals surface area contributed by atoms with Crippen molar-refractivity contribution in [2.45, 2.75) is 48.3 Å². The summed E-state index contributed by atoms with van der Waals surface area (Å²) in [4.78, 5) is 49.3. The average molecular weight is 612 g/mol. The second-order valence-electron chi connectivity index (χ2n) is 11.0. The zero-order chi connectivity index (χ0) is 28.2. The van der Waals surface area contributed by atoms with Crippen molar-refractivity contribution in [3.8, 4) is 0 Å². The van der Waals surface area contributed by atoms with E-state index in [1.807, 2.05) is 0 Å². The smallest absolute Gasteiger partial charge is 0.248 e. The molecule has 0 aromatic rings. The van der Waals surface area contributed by atoms with E-state index in [9.17, 15) is 19.5 Å². The van der Waals surface area contributed by atoms with Gasteiger partial charge in [-0.15, -0.1) is 13.2 Å². The Morgan fingerprint density at radius 2 is 1.85 bits per heavy atom. The first-order chi connectivity index (χ1) is 18.8. The first kappa shape index (κ1) is 30.2. The van der Waals surface area contributed by atoms with Crippen LogP contribution in [0.3, 0.4) is 0 Å². The van der Waals surface area contributed by atoms with Crippen molar-refractivity contribution in [3.05, 3.63) is 25.3 Å². The number of hydrogen-bond donors (Lipinski definition) is 1. The van der Waals surface area contributed by atoms with Crippen LogP contribution in [0.4, 0.5) is 0 Å². The number of aliphatic hydroxyl groups is 1. The molecule has 218 valence electrons. The summed E-state index contributed by atoms with van der Waals surface area (Å²) in [6.45, 7) is 13.0. The Morgan fingerprint density at radius 1 is 1.13 bits per heavy atom. The number of ether oxygens (including phenoxy) is 2. The highest BCUT2D eigenvalue weighted by Gasteiger charge is 2.76. The summed E-state index contributed by atoms with van der Waals surface area (Å²) in [7, 11) is 1.71. The van der Waals surface area contributed by atoms with Crippen LogP contribution in [0.25, 0.3) is 0 Å². The quantitative estimate of drug-likeness (QED) is 0.177. The number of carbonyl (C=O) groups excluding carboxylic acids is 3. The Labute approximate surface area is 240 Å². The highest BCUT2D eigenvalue weighted by atomic mass is 79.9. The van der Waals surface area contributed by atoms with Crippen molar-refractivity contribution in [2.24, 2.45) is 11.8 Å². The largest absolute Gasteiger partial charge is 0.396 e. The number of unbranched alkanes of at least 4 members (excludes halogenated alkanes) is 2. The number of rotatable bonds is 14. The zero-order valence-electron chi connectivity index (χ0n) is 23.0. The van der Waals surface area contributed by atoms with Crippen LogP contribution >= 0.6 is 15.9 Å². The number of aliphatic hydroxyl groups excluding tert-OH is 1. The fourth-order valence-corrected chi connectivity index (χ4v) is 7.69. The SMILES string of the molecule is C=CCN(C)C(=O)[C@H]1[C@H]2C(=O)N(CCCCCO)C(C(=O)N(CC=C)CCN3CCOCC3)C23CC(Br)[C@@H]1O3. The molecule has 1 N–H and O–H groups in total. The van der Waals surface area contributed by atoms with Gasteiger partial charge in [-0.3, -0.25) is 19.3 Å². The molecular weight excluding hydrogens is 568 g/mol. The number of fused-ring (bicyclic) bond motifs is 1. The van der Waals surface area contributed by atoms with Gasteiger partial charge >= 0.3 is 0 Å². The number of nitrogens with zero attached hydrogens (tertiary/aromatic N) is 4. The van der Waals surface area contributed by atoms with Gasteiger partial charge in [-0.05, 0) is 25.7 Å². The highest BCUT2D eigenvalue weighted by molar-refractivity contribution is 9.09. The van der Waals surface area contributed by atoms with Crippen LogP contribution in [-0.2, 0) is 23.9 Å². The van der Waals surface area contributed by atoms with E-state index >= 15 is 0 Å². The maximum atomic E-state index is 14.4. The van der Waals surface area contributed by atoms with Gasteiger partial charge in [0.05, 0.1) is 31.2 Å². The van der Waals surface area contributed by atoms with Gasteiger partial charge < -0.3 is 29.3 Å². The Morgan fingerprint density at radius 3 is 2.51 bits per heavy atom. The minimum atomic E-state index is -1.07. The molecule has 3 amide bonds. The molecule has 0 radical (unpaired) electrons. The normalized spacial score (nSPS) is 31.8. The Hall–Kier alpha value is -1.79. The number of morpholine rings is 1. The third-order valence-corrected chi connectivity index (χ3v) is 9.44. The molecule has 4 fully saturated rings. The van der Waals surface area contributed by atoms with Crippen LogP contribution < -0.4 is 0 Å². The first-order valence-corrected chi connectivity index (χ1v) is 15.0. The lowest BCUT2D eigenvalue weighted by Crippen LogP contribution is -2.57. The number of hydrogen-bond acceptors (Lipinski definition) is 7. The van der Waals surface area contributed by atoms with Crippen LogP contribution in [0.2, 0.25) is 0 Å². The Bertz CT molecular complexity index is 930. The van der Waals surface area contributed by atoms with E-state index in [1.165, 1.54) is 0 Å². The maximum absolute atomic E-state index is 14.4. The summed E-state index contributed by atoms with van der Waals surface area (Å²) in [5.74, 6) is -1.88. The molecule has 0 aliphatic carbocycles. The molecular formula is C28H43BrN4O6. The van der Waals surface area contributed by atoms with Crippen LogP contribution in [0.1, 0.15) is 25.7 Å². The van der Waals surface area contributed by atoms with Crippen molar-refractivity contribution in [2.75, 3.05) is 72.7 Å². The molecule has 4 saturated heterocycles. The van der Waals surface area contributed by atoms with E-state index in [0.717, 1.165) is 19.5 Å². The van der Waals surface area contributed by atoms with Crippen molar-refractivity contribution >= 4 is 33.7 Å². The predicted molar refractivity (Wildman–Crippen MR) is 150 cm³/mol. The Kier molecular flexibility index (Phi) is 10.3. The third-order valence-electron chi connectivity index (χ3n) is 8.60. The number of amides is 3. The van der Waals surface area contributed by atoms with Crippen LogP contribution in [0.5, 0.6) is 0 Å². The summed E-state index contributed by atoms with van der Waals surface area (Å²) >= 11 is 3.73. The molecule has 11 heteroatoms.